The largest absolute Gasteiger partial charge is 0.319 e. The van der Waals surface area contributed by atoms with Crippen LogP contribution in [-0.2, 0) is 15.3 Å². The smallest absolute Gasteiger partial charge is 0.152 e. The molecule has 1 aliphatic rings. The minimum atomic E-state index is -2.81. The first-order chi connectivity index (χ1) is 9.45. The van der Waals surface area contributed by atoms with E-state index in [9.17, 15) is 8.42 Å². The van der Waals surface area contributed by atoms with E-state index in [4.69, 9.17) is 0 Å². The zero-order valence-electron chi connectivity index (χ0n) is 12.3. The summed E-state index contributed by atoms with van der Waals surface area (Å²) in [6.07, 6.45) is 0. The molecule has 2 rings (SSSR count). The molecule has 4 nitrogen and oxygen atoms in total. The fourth-order valence-electron chi connectivity index (χ4n) is 2.88. The molecule has 0 aromatic heterocycles. The second kappa shape index (κ2) is 6.24. The number of likely N-dealkylation sites (N-methyl/N-ethyl adjacent to an activating group) is 1. The van der Waals surface area contributed by atoms with Crippen LogP contribution in [0.2, 0.25) is 0 Å². The Kier molecular flexibility index (Phi) is 4.83. The summed E-state index contributed by atoms with van der Waals surface area (Å²) in [5.74, 6) is 0.578. The number of nitrogens with zero attached hydrogens (tertiary/aromatic N) is 1. The highest BCUT2D eigenvalue weighted by Gasteiger charge is 2.31. The lowest BCUT2D eigenvalue weighted by Gasteiger charge is -2.37. The molecule has 0 spiro atoms. The van der Waals surface area contributed by atoms with Gasteiger partial charge in [0, 0.05) is 31.6 Å². The van der Waals surface area contributed by atoms with Crippen LogP contribution in [0.4, 0.5) is 0 Å². The van der Waals surface area contributed by atoms with Gasteiger partial charge in [-0.2, -0.15) is 0 Å². The van der Waals surface area contributed by atoms with E-state index in [0.29, 0.717) is 13.1 Å². The third-order valence-electron chi connectivity index (χ3n) is 4.05. The van der Waals surface area contributed by atoms with Crippen LogP contribution >= 0.6 is 0 Å². The van der Waals surface area contributed by atoms with E-state index < -0.39 is 9.84 Å². The Bertz CT molecular complexity index is 516. The van der Waals surface area contributed by atoms with Crippen molar-refractivity contribution in [1.29, 1.82) is 0 Å². The zero-order chi connectivity index (χ0) is 14.6. The van der Waals surface area contributed by atoms with E-state index in [-0.39, 0.29) is 16.9 Å². The van der Waals surface area contributed by atoms with E-state index in [1.807, 2.05) is 13.1 Å². The first-order valence-corrected chi connectivity index (χ1v) is 8.90. The molecule has 0 aliphatic carbocycles. The predicted octanol–water partition coefficient (Wildman–Crippen LogP) is 0.894. The highest BCUT2D eigenvalue weighted by molar-refractivity contribution is 7.91. The van der Waals surface area contributed by atoms with Gasteiger partial charge in [-0.3, -0.25) is 0 Å². The quantitative estimate of drug-likeness (QED) is 0.877. The minimum Gasteiger partial charge on any atom is -0.319 e. The van der Waals surface area contributed by atoms with Crippen LogP contribution in [0.15, 0.2) is 30.3 Å². The lowest BCUT2D eigenvalue weighted by Crippen LogP contribution is -2.49. The third kappa shape index (κ3) is 3.81. The predicted molar refractivity (Wildman–Crippen MR) is 82.8 cm³/mol. The van der Waals surface area contributed by atoms with E-state index in [2.05, 4.69) is 41.4 Å². The van der Waals surface area contributed by atoms with Gasteiger partial charge in [0.1, 0.15) is 0 Å². The molecule has 112 valence electrons. The Morgan fingerprint density at radius 3 is 2.35 bits per heavy atom. The van der Waals surface area contributed by atoms with Gasteiger partial charge >= 0.3 is 0 Å². The topological polar surface area (TPSA) is 49.4 Å². The molecule has 5 heteroatoms. The molecule has 1 aliphatic heterocycles. The van der Waals surface area contributed by atoms with Crippen LogP contribution in [0.1, 0.15) is 12.5 Å². The Morgan fingerprint density at radius 2 is 1.80 bits per heavy atom. The summed E-state index contributed by atoms with van der Waals surface area (Å²) in [6.45, 7) is 5.29. The number of rotatable bonds is 5. The molecule has 20 heavy (non-hydrogen) atoms. The van der Waals surface area contributed by atoms with E-state index in [1.165, 1.54) is 5.56 Å². The molecule has 1 aromatic carbocycles. The van der Waals surface area contributed by atoms with Gasteiger partial charge in [-0.05, 0) is 12.6 Å². The molecule has 1 saturated heterocycles. The summed E-state index contributed by atoms with van der Waals surface area (Å²) in [5, 5.41) is 3.27. The van der Waals surface area contributed by atoms with Gasteiger partial charge in [0.2, 0.25) is 0 Å². The maximum atomic E-state index is 11.5. The second-order valence-corrected chi connectivity index (χ2v) is 8.19. The minimum absolute atomic E-state index is 0.00287. The van der Waals surface area contributed by atoms with Gasteiger partial charge < -0.3 is 10.2 Å². The SMILES string of the molecule is CNCC(C)(CN1CCS(=O)(=O)CC1)c1ccccc1. The van der Waals surface area contributed by atoms with E-state index >= 15 is 0 Å². The lowest BCUT2D eigenvalue weighted by molar-refractivity contribution is 0.227. The van der Waals surface area contributed by atoms with Gasteiger partial charge in [-0.15, -0.1) is 0 Å². The summed E-state index contributed by atoms with van der Waals surface area (Å²) in [7, 11) is -0.845. The molecule has 1 unspecified atom stereocenters. The summed E-state index contributed by atoms with van der Waals surface area (Å²) in [6, 6.07) is 10.4. The molecular formula is C15H24N2O2S. The van der Waals surface area contributed by atoms with Gasteiger partial charge in [-0.1, -0.05) is 37.3 Å². The Balaban J connectivity index is 2.10. The number of hydrogen-bond donors (Lipinski definition) is 1. The maximum Gasteiger partial charge on any atom is 0.152 e. The van der Waals surface area contributed by atoms with Crippen LogP contribution in [0.3, 0.4) is 0 Å². The standard InChI is InChI=1S/C15H24N2O2S/c1-15(12-16-2,14-6-4-3-5-7-14)13-17-8-10-20(18,19)11-9-17/h3-7,16H,8-13H2,1-2H3. The number of sulfone groups is 1. The second-order valence-electron chi connectivity index (χ2n) is 5.88. The first kappa shape index (κ1) is 15.5. The van der Waals surface area contributed by atoms with Crippen molar-refractivity contribution in [2.75, 3.05) is 44.7 Å². The summed E-state index contributed by atoms with van der Waals surface area (Å²) in [4.78, 5) is 2.27. The van der Waals surface area contributed by atoms with E-state index in [0.717, 1.165) is 13.1 Å². The molecule has 0 radical (unpaired) electrons. The van der Waals surface area contributed by atoms with Crippen molar-refractivity contribution in [3.8, 4) is 0 Å². The Hall–Kier alpha value is -0.910. The zero-order valence-corrected chi connectivity index (χ0v) is 13.1. The molecule has 1 N–H and O–H groups in total. The van der Waals surface area contributed by atoms with Crippen LogP contribution in [0.25, 0.3) is 0 Å². The average Bonchev–Trinajstić information content (AvgIpc) is 2.43. The highest BCUT2D eigenvalue weighted by Crippen LogP contribution is 2.25. The molecule has 1 atom stereocenters. The lowest BCUT2D eigenvalue weighted by atomic mass is 9.81. The summed E-state index contributed by atoms with van der Waals surface area (Å²) >= 11 is 0. The van der Waals surface area contributed by atoms with Crippen molar-refractivity contribution in [2.45, 2.75) is 12.3 Å². The number of nitrogens with one attached hydrogen (secondary N) is 1. The van der Waals surface area contributed by atoms with Crippen molar-refractivity contribution in [3.63, 3.8) is 0 Å². The molecule has 0 bridgehead atoms. The summed E-state index contributed by atoms with van der Waals surface area (Å²) < 4.78 is 23.0. The Labute approximate surface area is 122 Å². The highest BCUT2D eigenvalue weighted by atomic mass is 32.2. The number of hydrogen-bond acceptors (Lipinski definition) is 4. The van der Waals surface area contributed by atoms with Crippen LogP contribution in [0, 0.1) is 0 Å². The van der Waals surface area contributed by atoms with Crippen LogP contribution in [-0.4, -0.2) is 58.1 Å². The van der Waals surface area contributed by atoms with E-state index in [1.54, 1.807) is 0 Å². The molecule has 0 saturated carbocycles. The molecule has 1 fully saturated rings. The fraction of sp³-hybridized carbons (Fsp3) is 0.600. The third-order valence-corrected chi connectivity index (χ3v) is 5.66. The van der Waals surface area contributed by atoms with Crippen molar-refractivity contribution in [3.05, 3.63) is 35.9 Å². The average molecular weight is 296 g/mol. The van der Waals surface area contributed by atoms with Gasteiger partial charge in [-0.25, -0.2) is 8.42 Å². The van der Waals surface area contributed by atoms with Gasteiger partial charge in [0.15, 0.2) is 9.84 Å². The molecule has 0 amide bonds. The maximum absolute atomic E-state index is 11.5. The molecule has 1 heterocycles. The van der Waals surface area contributed by atoms with Crippen LogP contribution < -0.4 is 5.32 Å². The van der Waals surface area contributed by atoms with Crippen molar-refractivity contribution in [2.24, 2.45) is 0 Å². The monoisotopic (exact) mass is 296 g/mol. The van der Waals surface area contributed by atoms with Gasteiger partial charge in [0.05, 0.1) is 11.5 Å². The van der Waals surface area contributed by atoms with Crippen molar-refractivity contribution >= 4 is 9.84 Å². The Morgan fingerprint density at radius 1 is 1.20 bits per heavy atom. The fourth-order valence-corrected chi connectivity index (χ4v) is 4.16. The normalized spacial score (nSPS) is 22.3. The summed E-state index contributed by atoms with van der Waals surface area (Å²) in [5.41, 5.74) is 1.29. The van der Waals surface area contributed by atoms with Crippen molar-refractivity contribution in [1.82, 2.24) is 10.2 Å². The molecule has 1 aromatic rings. The number of benzene rings is 1. The first-order valence-electron chi connectivity index (χ1n) is 7.08. The van der Waals surface area contributed by atoms with Crippen LogP contribution in [0.5, 0.6) is 0 Å². The van der Waals surface area contributed by atoms with Crippen molar-refractivity contribution < 1.29 is 8.42 Å². The molecular weight excluding hydrogens is 272 g/mol. The van der Waals surface area contributed by atoms with Gasteiger partial charge in [0.25, 0.3) is 0 Å².